The second kappa shape index (κ2) is 4.59. The largest absolute Gasteiger partial charge is 0.496 e. The Morgan fingerprint density at radius 1 is 1.33 bits per heavy atom. The van der Waals surface area contributed by atoms with Crippen molar-refractivity contribution in [3.8, 4) is 5.75 Å². The molecule has 0 unspecified atom stereocenters. The molecule has 80 valence electrons. The molecule has 0 aromatic heterocycles. The van der Waals surface area contributed by atoms with E-state index in [4.69, 9.17) is 4.74 Å². The van der Waals surface area contributed by atoms with Gasteiger partial charge in [0, 0.05) is 6.08 Å². The summed E-state index contributed by atoms with van der Waals surface area (Å²) in [6.07, 6.45) is 2.40. The summed E-state index contributed by atoms with van der Waals surface area (Å²) in [6.45, 7) is 3.82. The third-order valence-corrected chi connectivity index (χ3v) is 2.08. The smallest absolute Gasteiger partial charge is 0.235 e. The van der Waals surface area contributed by atoms with Crippen LogP contribution in [0.3, 0.4) is 0 Å². The molecule has 0 saturated heterocycles. The van der Waals surface area contributed by atoms with E-state index >= 15 is 0 Å². The van der Waals surface area contributed by atoms with E-state index in [1.807, 2.05) is 26.0 Å². The first kappa shape index (κ1) is 11.2. The van der Waals surface area contributed by atoms with E-state index < -0.39 is 4.92 Å². The maximum absolute atomic E-state index is 10.2. The predicted octanol–water partition coefficient (Wildman–Crippen LogP) is 2.56. The van der Waals surface area contributed by atoms with Gasteiger partial charge in [-0.3, -0.25) is 10.1 Å². The SMILES string of the molecule is COc1c(C)cc(/C=C/[N+](=O)[O-])cc1C. The van der Waals surface area contributed by atoms with Crippen molar-refractivity contribution in [2.45, 2.75) is 13.8 Å². The molecule has 1 rings (SSSR count). The zero-order valence-electron chi connectivity index (χ0n) is 8.98. The molecule has 0 bridgehead atoms. The first-order chi connectivity index (χ1) is 7.04. The molecular weight excluding hydrogens is 194 g/mol. The number of nitrogens with zero attached hydrogens (tertiary/aromatic N) is 1. The molecule has 0 amide bonds. The molecule has 4 heteroatoms. The molecule has 1 aromatic carbocycles. The molecule has 0 N–H and O–H groups in total. The van der Waals surface area contributed by atoms with Crippen LogP contribution in [0.1, 0.15) is 16.7 Å². The Labute approximate surface area is 88.3 Å². The van der Waals surface area contributed by atoms with Gasteiger partial charge < -0.3 is 4.74 Å². The average Bonchev–Trinajstić information content (AvgIpc) is 2.14. The summed E-state index contributed by atoms with van der Waals surface area (Å²) in [5.41, 5.74) is 2.75. The minimum absolute atomic E-state index is 0.477. The van der Waals surface area contributed by atoms with Gasteiger partial charge in [0.05, 0.1) is 12.0 Å². The Hall–Kier alpha value is -1.84. The summed E-state index contributed by atoms with van der Waals surface area (Å²) >= 11 is 0. The van der Waals surface area contributed by atoms with Crippen molar-refractivity contribution in [3.05, 3.63) is 45.1 Å². The number of hydrogen-bond acceptors (Lipinski definition) is 3. The van der Waals surface area contributed by atoms with Gasteiger partial charge in [-0.25, -0.2) is 0 Å². The Bertz CT molecular complexity index is 387. The Morgan fingerprint density at radius 2 is 1.87 bits per heavy atom. The van der Waals surface area contributed by atoms with Gasteiger partial charge in [0.2, 0.25) is 6.20 Å². The number of nitro groups is 1. The first-order valence-electron chi connectivity index (χ1n) is 4.51. The van der Waals surface area contributed by atoms with Crippen molar-refractivity contribution in [2.24, 2.45) is 0 Å². The zero-order valence-corrected chi connectivity index (χ0v) is 8.98. The topological polar surface area (TPSA) is 52.4 Å². The lowest BCUT2D eigenvalue weighted by atomic mass is 10.1. The molecule has 0 heterocycles. The molecule has 0 aliphatic rings. The Morgan fingerprint density at radius 3 is 2.27 bits per heavy atom. The molecule has 4 nitrogen and oxygen atoms in total. The van der Waals surface area contributed by atoms with Crippen molar-refractivity contribution >= 4 is 6.08 Å². The number of rotatable bonds is 3. The summed E-state index contributed by atoms with van der Waals surface area (Å²) in [4.78, 5) is 9.68. The van der Waals surface area contributed by atoms with E-state index in [0.717, 1.165) is 28.6 Å². The van der Waals surface area contributed by atoms with Gasteiger partial charge in [-0.2, -0.15) is 0 Å². The molecule has 0 atom stereocenters. The van der Waals surface area contributed by atoms with E-state index in [9.17, 15) is 10.1 Å². The molecule has 1 aromatic rings. The van der Waals surface area contributed by atoms with Gasteiger partial charge >= 0.3 is 0 Å². The lowest BCUT2D eigenvalue weighted by molar-refractivity contribution is -0.400. The monoisotopic (exact) mass is 207 g/mol. The van der Waals surface area contributed by atoms with Crippen molar-refractivity contribution < 1.29 is 9.66 Å². The minimum Gasteiger partial charge on any atom is -0.496 e. The summed E-state index contributed by atoms with van der Waals surface area (Å²) < 4.78 is 5.20. The highest BCUT2D eigenvalue weighted by atomic mass is 16.6. The summed E-state index contributed by atoms with van der Waals surface area (Å²) in [7, 11) is 1.61. The molecule has 0 aliphatic heterocycles. The van der Waals surface area contributed by atoms with Crippen LogP contribution in [0.4, 0.5) is 0 Å². The fourth-order valence-electron chi connectivity index (χ4n) is 1.55. The van der Waals surface area contributed by atoms with Crippen LogP contribution in [0.15, 0.2) is 18.3 Å². The normalized spacial score (nSPS) is 10.6. The minimum atomic E-state index is -0.477. The van der Waals surface area contributed by atoms with Crippen molar-refractivity contribution in [2.75, 3.05) is 7.11 Å². The lowest BCUT2D eigenvalue weighted by Crippen LogP contribution is -1.92. The average molecular weight is 207 g/mol. The van der Waals surface area contributed by atoms with Crippen molar-refractivity contribution in [3.63, 3.8) is 0 Å². The predicted molar refractivity (Wildman–Crippen MR) is 58.5 cm³/mol. The van der Waals surface area contributed by atoms with Crippen LogP contribution in [-0.2, 0) is 0 Å². The Balaban J connectivity index is 3.09. The molecule has 0 aliphatic carbocycles. The number of aryl methyl sites for hydroxylation is 2. The fraction of sp³-hybridized carbons (Fsp3) is 0.273. The van der Waals surface area contributed by atoms with Crippen LogP contribution >= 0.6 is 0 Å². The van der Waals surface area contributed by atoms with Gasteiger partial charge in [0.1, 0.15) is 5.75 Å². The van der Waals surface area contributed by atoms with Gasteiger partial charge in [0.15, 0.2) is 0 Å². The quantitative estimate of drug-likeness (QED) is 0.565. The second-order valence-electron chi connectivity index (χ2n) is 3.29. The van der Waals surface area contributed by atoms with Gasteiger partial charge in [0.25, 0.3) is 0 Å². The third-order valence-electron chi connectivity index (χ3n) is 2.08. The van der Waals surface area contributed by atoms with Crippen LogP contribution in [0.25, 0.3) is 6.08 Å². The molecular formula is C11H13NO3. The van der Waals surface area contributed by atoms with Crippen LogP contribution in [0.5, 0.6) is 5.75 Å². The van der Waals surface area contributed by atoms with E-state index in [1.54, 1.807) is 7.11 Å². The van der Waals surface area contributed by atoms with Gasteiger partial charge in [-0.15, -0.1) is 0 Å². The molecule has 0 fully saturated rings. The highest BCUT2D eigenvalue weighted by molar-refractivity contribution is 5.55. The van der Waals surface area contributed by atoms with Crippen LogP contribution < -0.4 is 4.74 Å². The van der Waals surface area contributed by atoms with Gasteiger partial charge in [-0.05, 0) is 42.7 Å². The lowest BCUT2D eigenvalue weighted by Gasteiger charge is -2.08. The molecule has 0 saturated carbocycles. The van der Waals surface area contributed by atoms with E-state index in [1.165, 1.54) is 6.08 Å². The number of ether oxygens (including phenoxy) is 1. The number of benzene rings is 1. The van der Waals surface area contributed by atoms with Crippen molar-refractivity contribution in [1.82, 2.24) is 0 Å². The fourth-order valence-corrected chi connectivity index (χ4v) is 1.55. The summed E-state index contributed by atoms with van der Waals surface area (Å²) in [6, 6.07) is 3.71. The van der Waals surface area contributed by atoms with Crippen molar-refractivity contribution in [1.29, 1.82) is 0 Å². The zero-order chi connectivity index (χ0) is 11.4. The summed E-state index contributed by atoms with van der Waals surface area (Å²) in [5, 5.41) is 10.2. The second-order valence-corrected chi connectivity index (χ2v) is 3.29. The molecule has 0 radical (unpaired) electrons. The maximum Gasteiger partial charge on any atom is 0.235 e. The highest BCUT2D eigenvalue weighted by Crippen LogP contribution is 2.24. The van der Waals surface area contributed by atoms with E-state index in [2.05, 4.69) is 0 Å². The van der Waals surface area contributed by atoms with Crippen LogP contribution in [0, 0.1) is 24.0 Å². The first-order valence-corrected chi connectivity index (χ1v) is 4.51. The highest BCUT2D eigenvalue weighted by Gasteiger charge is 2.03. The van der Waals surface area contributed by atoms with E-state index in [-0.39, 0.29) is 0 Å². The Kier molecular flexibility index (Phi) is 3.44. The molecule has 0 spiro atoms. The standard InChI is InChI=1S/C11H13NO3/c1-8-6-10(4-5-12(13)14)7-9(2)11(8)15-3/h4-7H,1-3H3/b5-4+. The number of methoxy groups -OCH3 is 1. The third kappa shape index (κ3) is 2.80. The number of hydrogen-bond donors (Lipinski definition) is 0. The molecule has 15 heavy (non-hydrogen) atoms. The maximum atomic E-state index is 10.2. The van der Waals surface area contributed by atoms with Gasteiger partial charge in [-0.1, -0.05) is 0 Å². The van der Waals surface area contributed by atoms with Crippen LogP contribution in [0.2, 0.25) is 0 Å². The summed E-state index contributed by atoms with van der Waals surface area (Å²) in [5.74, 6) is 0.827. The van der Waals surface area contributed by atoms with E-state index in [0.29, 0.717) is 0 Å². The van der Waals surface area contributed by atoms with Crippen LogP contribution in [-0.4, -0.2) is 12.0 Å².